The third kappa shape index (κ3) is 1.21. The standard InChI is InChI=1S/C7H6ClN3O2/c8-5-4-1-2-11(7(12)13)6(4)10-3-9-5/h3H,1-2H2,(H,12,13). The summed E-state index contributed by atoms with van der Waals surface area (Å²) in [6.45, 7) is 0.406. The molecule has 0 aromatic carbocycles. The molecule has 1 amide bonds. The van der Waals surface area contributed by atoms with E-state index in [4.69, 9.17) is 16.7 Å². The molecule has 1 aromatic heterocycles. The van der Waals surface area contributed by atoms with Gasteiger partial charge in [0.05, 0.1) is 0 Å². The summed E-state index contributed by atoms with van der Waals surface area (Å²) in [6.07, 6.45) is 0.845. The predicted octanol–water partition coefficient (Wildman–Crippen LogP) is 1.17. The van der Waals surface area contributed by atoms with Crippen molar-refractivity contribution < 1.29 is 9.90 Å². The van der Waals surface area contributed by atoms with Crippen LogP contribution in [0, 0.1) is 0 Å². The Hall–Kier alpha value is -1.36. The molecule has 1 N–H and O–H groups in total. The summed E-state index contributed by atoms with van der Waals surface area (Å²) in [5.41, 5.74) is 0.714. The van der Waals surface area contributed by atoms with E-state index in [2.05, 4.69) is 9.97 Å². The fourth-order valence-electron chi connectivity index (χ4n) is 1.35. The number of carbonyl (C=O) groups is 1. The fourth-order valence-corrected chi connectivity index (χ4v) is 1.57. The summed E-state index contributed by atoms with van der Waals surface area (Å²) in [5.74, 6) is 0.410. The maximum absolute atomic E-state index is 10.7. The number of anilines is 1. The fraction of sp³-hybridized carbons (Fsp3) is 0.286. The molecule has 1 aliphatic rings. The maximum Gasteiger partial charge on any atom is 0.413 e. The quantitative estimate of drug-likeness (QED) is 0.637. The third-order valence-corrected chi connectivity index (χ3v) is 2.27. The van der Waals surface area contributed by atoms with E-state index >= 15 is 0 Å². The highest BCUT2D eigenvalue weighted by molar-refractivity contribution is 6.30. The number of rotatable bonds is 0. The molecule has 1 aromatic rings. The minimum absolute atomic E-state index is 0.341. The third-order valence-electron chi connectivity index (χ3n) is 1.94. The summed E-state index contributed by atoms with van der Waals surface area (Å²) >= 11 is 5.77. The number of aromatic nitrogens is 2. The molecule has 0 unspecified atom stereocenters. The zero-order chi connectivity index (χ0) is 9.42. The number of amides is 1. The molecular weight excluding hydrogens is 194 g/mol. The molecule has 0 atom stereocenters. The van der Waals surface area contributed by atoms with Crippen molar-refractivity contribution in [2.75, 3.05) is 11.4 Å². The largest absolute Gasteiger partial charge is 0.465 e. The van der Waals surface area contributed by atoms with Crippen LogP contribution in [0.4, 0.5) is 10.6 Å². The van der Waals surface area contributed by atoms with Gasteiger partial charge in [-0.2, -0.15) is 0 Å². The average Bonchev–Trinajstić information content (AvgIpc) is 2.48. The van der Waals surface area contributed by atoms with Crippen LogP contribution in [-0.4, -0.2) is 27.7 Å². The summed E-state index contributed by atoms with van der Waals surface area (Å²) in [7, 11) is 0. The maximum atomic E-state index is 10.7. The van der Waals surface area contributed by atoms with E-state index < -0.39 is 6.09 Å². The van der Waals surface area contributed by atoms with Crippen molar-refractivity contribution in [1.29, 1.82) is 0 Å². The normalized spacial score (nSPS) is 14.4. The molecule has 13 heavy (non-hydrogen) atoms. The van der Waals surface area contributed by atoms with Gasteiger partial charge in [0.2, 0.25) is 0 Å². The van der Waals surface area contributed by atoms with Crippen molar-refractivity contribution in [2.45, 2.75) is 6.42 Å². The van der Waals surface area contributed by atoms with Crippen LogP contribution in [-0.2, 0) is 6.42 Å². The molecule has 0 bridgehead atoms. The van der Waals surface area contributed by atoms with Crippen LogP contribution < -0.4 is 4.90 Å². The van der Waals surface area contributed by atoms with Crippen LogP contribution in [0.25, 0.3) is 0 Å². The Morgan fingerprint density at radius 1 is 1.62 bits per heavy atom. The Bertz CT molecular complexity index is 369. The first-order valence-corrected chi connectivity index (χ1v) is 4.08. The van der Waals surface area contributed by atoms with Crippen molar-refractivity contribution in [3.8, 4) is 0 Å². The van der Waals surface area contributed by atoms with Gasteiger partial charge in [-0.05, 0) is 6.42 Å². The topological polar surface area (TPSA) is 66.3 Å². The summed E-state index contributed by atoms with van der Waals surface area (Å²) in [5, 5.41) is 9.11. The van der Waals surface area contributed by atoms with Gasteiger partial charge in [-0.15, -0.1) is 0 Å². The Kier molecular flexibility index (Phi) is 1.81. The van der Waals surface area contributed by atoms with Gasteiger partial charge in [-0.1, -0.05) is 11.6 Å². The lowest BCUT2D eigenvalue weighted by Crippen LogP contribution is -2.27. The predicted molar refractivity (Wildman–Crippen MR) is 46.1 cm³/mol. The smallest absolute Gasteiger partial charge is 0.413 e. The van der Waals surface area contributed by atoms with E-state index in [1.807, 2.05) is 0 Å². The summed E-state index contributed by atoms with van der Waals surface area (Å²) in [4.78, 5) is 19.5. The van der Waals surface area contributed by atoms with Crippen LogP contribution >= 0.6 is 11.6 Å². The SMILES string of the molecule is O=C(O)N1CCc2c(Cl)ncnc21. The molecular formula is C7H6ClN3O2. The van der Waals surface area contributed by atoms with E-state index in [-0.39, 0.29) is 0 Å². The minimum Gasteiger partial charge on any atom is -0.465 e. The highest BCUT2D eigenvalue weighted by Crippen LogP contribution is 2.29. The van der Waals surface area contributed by atoms with Crippen molar-refractivity contribution in [1.82, 2.24) is 9.97 Å². The minimum atomic E-state index is -1.01. The second-order valence-electron chi connectivity index (χ2n) is 2.65. The van der Waals surface area contributed by atoms with Gasteiger partial charge in [0.25, 0.3) is 0 Å². The van der Waals surface area contributed by atoms with E-state index in [9.17, 15) is 4.79 Å². The van der Waals surface area contributed by atoms with Gasteiger partial charge >= 0.3 is 6.09 Å². The van der Waals surface area contributed by atoms with Gasteiger partial charge in [-0.3, -0.25) is 4.90 Å². The average molecular weight is 200 g/mol. The molecule has 5 nitrogen and oxygen atoms in total. The molecule has 0 radical (unpaired) electrons. The second kappa shape index (κ2) is 2.85. The van der Waals surface area contributed by atoms with Gasteiger partial charge in [-0.25, -0.2) is 14.8 Å². The van der Waals surface area contributed by atoms with Crippen molar-refractivity contribution >= 4 is 23.5 Å². The molecule has 1 aliphatic heterocycles. The molecule has 0 fully saturated rings. The van der Waals surface area contributed by atoms with Crippen LogP contribution in [0.15, 0.2) is 6.33 Å². The molecule has 2 heterocycles. The first-order chi connectivity index (χ1) is 6.20. The highest BCUT2D eigenvalue weighted by atomic mass is 35.5. The molecule has 0 saturated heterocycles. The van der Waals surface area contributed by atoms with Gasteiger partial charge in [0, 0.05) is 12.1 Å². The second-order valence-corrected chi connectivity index (χ2v) is 3.01. The first-order valence-electron chi connectivity index (χ1n) is 3.70. The highest BCUT2D eigenvalue weighted by Gasteiger charge is 2.27. The van der Waals surface area contributed by atoms with E-state index in [1.165, 1.54) is 11.2 Å². The molecule has 0 aliphatic carbocycles. The van der Waals surface area contributed by atoms with E-state index in [0.717, 1.165) is 0 Å². The Morgan fingerprint density at radius 3 is 3.08 bits per heavy atom. The molecule has 68 valence electrons. The number of hydrogen-bond donors (Lipinski definition) is 1. The van der Waals surface area contributed by atoms with Crippen molar-refractivity contribution in [3.63, 3.8) is 0 Å². The van der Waals surface area contributed by atoms with Gasteiger partial charge < -0.3 is 5.11 Å². The Balaban J connectivity index is 2.49. The molecule has 0 spiro atoms. The summed E-state index contributed by atoms with van der Waals surface area (Å²) in [6, 6.07) is 0. The lowest BCUT2D eigenvalue weighted by Gasteiger charge is -2.10. The zero-order valence-corrected chi connectivity index (χ0v) is 7.32. The van der Waals surface area contributed by atoms with Crippen LogP contribution in [0.1, 0.15) is 5.56 Å². The zero-order valence-electron chi connectivity index (χ0n) is 6.57. The Morgan fingerprint density at radius 2 is 2.38 bits per heavy atom. The lowest BCUT2D eigenvalue weighted by atomic mass is 10.3. The number of carboxylic acid groups (broad SMARTS) is 1. The van der Waals surface area contributed by atoms with E-state index in [0.29, 0.717) is 29.5 Å². The number of fused-ring (bicyclic) bond motifs is 1. The lowest BCUT2D eigenvalue weighted by molar-refractivity contribution is 0.202. The van der Waals surface area contributed by atoms with Crippen LogP contribution in [0.3, 0.4) is 0 Å². The van der Waals surface area contributed by atoms with Crippen molar-refractivity contribution in [2.24, 2.45) is 0 Å². The van der Waals surface area contributed by atoms with Gasteiger partial charge in [0.15, 0.2) is 0 Å². The molecule has 2 rings (SSSR count). The summed E-state index contributed by atoms with van der Waals surface area (Å²) < 4.78 is 0. The van der Waals surface area contributed by atoms with E-state index in [1.54, 1.807) is 0 Å². The van der Waals surface area contributed by atoms with Gasteiger partial charge in [0.1, 0.15) is 17.3 Å². The van der Waals surface area contributed by atoms with Crippen molar-refractivity contribution in [3.05, 3.63) is 17.0 Å². The Labute approximate surface area is 79.0 Å². The number of hydrogen-bond acceptors (Lipinski definition) is 3. The molecule has 6 heteroatoms. The first kappa shape index (κ1) is 8.25. The van der Waals surface area contributed by atoms with Crippen LogP contribution in [0.5, 0.6) is 0 Å². The monoisotopic (exact) mass is 199 g/mol. The number of nitrogens with zero attached hydrogens (tertiary/aromatic N) is 3. The number of halogens is 1. The molecule has 0 saturated carbocycles. The van der Waals surface area contributed by atoms with Crippen LogP contribution in [0.2, 0.25) is 5.15 Å².